The topological polar surface area (TPSA) is 116 Å². The van der Waals surface area contributed by atoms with Crippen LogP contribution in [0.5, 0.6) is 0 Å². The molecule has 1 aromatic rings. The van der Waals surface area contributed by atoms with Crippen molar-refractivity contribution in [2.24, 2.45) is 0 Å². The van der Waals surface area contributed by atoms with Crippen molar-refractivity contribution in [2.45, 2.75) is 4.90 Å². The molecule has 0 amide bonds. The van der Waals surface area contributed by atoms with Crippen LogP contribution in [-0.2, 0) is 9.37 Å². The van der Waals surface area contributed by atoms with E-state index in [0.717, 1.165) is 12.1 Å². The molecule has 8 heteroatoms. The van der Waals surface area contributed by atoms with E-state index in [1.807, 2.05) is 0 Å². The fraction of sp³-hybridized carbons (Fsp3) is 0. The summed E-state index contributed by atoms with van der Waals surface area (Å²) in [7, 11) is 0. The molecule has 0 radical (unpaired) electrons. The summed E-state index contributed by atoms with van der Waals surface area (Å²) in [5.41, 5.74) is -0.881. The Kier molecular flexibility index (Phi) is 4.26. The van der Waals surface area contributed by atoms with Crippen LogP contribution in [0.1, 0.15) is 20.7 Å². The number of aromatic carboxylic acids is 2. The molecule has 2 N–H and O–H groups in total. The number of rotatable bonds is 5. The van der Waals surface area contributed by atoms with E-state index in [-0.39, 0.29) is 4.90 Å². The van der Waals surface area contributed by atoms with Gasteiger partial charge in [0.1, 0.15) is 0 Å². The zero-order chi connectivity index (χ0) is 12.1. The highest BCUT2D eigenvalue weighted by molar-refractivity contribution is 7.94. The maximum absolute atomic E-state index is 10.7. The molecule has 0 spiro atoms. The maximum Gasteiger partial charge on any atom is 0.336 e. The van der Waals surface area contributed by atoms with Crippen LogP contribution in [0.2, 0.25) is 0 Å². The Balaban J connectivity index is 3.07. The highest BCUT2D eigenvalue weighted by atomic mass is 32.2. The molecule has 0 saturated carbocycles. The summed E-state index contributed by atoms with van der Waals surface area (Å²) in [5.74, 6) is -3.00. The minimum absolute atomic E-state index is 0.234. The van der Waals surface area contributed by atoms with E-state index in [1.165, 1.54) is 6.07 Å². The van der Waals surface area contributed by atoms with Gasteiger partial charge in [-0.15, -0.1) is 4.33 Å². The van der Waals surface area contributed by atoms with Gasteiger partial charge in [0.2, 0.25) is 0 Å². The maximum atomic E-state index is 10.7. The molecule has 0 aliphatic carbocycles. The van der Waals surface area contributed by atoms with E-state index in [9.17, 15) is 14.7 Å². The lowest BCUT2D eigenvalue weighted by Crippen LogP contribution is -2.25. The van der Waals surface area contributed by atoms with Gasteiger partial charge in [-0.3, -0.25) is 0 Å². The molecule has 0 aliphatic heterocycles. The quantitative estimate of drug-likeness (QED) is 0.428. The second-order valence-electron chi connectivity index (χ2n) is 2.53. The molecule has 86 valence electrons. The summed E-state index contributed by atoms with van der Waals surface area (Å²) in [6.45, 7) is 0. The highest BCUT2D eigenvalue weighted by Gasteiger charge is 2.12. The van der Waals surface area contributed by atoms with Crippen molar-refractivity contribution < 1.29 is 34.4 Å². The Hall–Kier alpha value is -1.61. The molecule has 0 bridgehead atoms. The van der Waals surface area contributed by atoms with Gasteiger partial charge < -0.3 is 15.0 Å². The smallest absolute Gasteiger partial charge is 0.336 e. The van der Waals surface area contributed by atoms with Crippen molar-refractivity contribution in [3.05, 3.63) is 29.3 Å². The average molecular weight is 245 g/mol. The number of carbonyl (C=O) groups is 2. The molecule has 1 rings (SSSR count). The third-order valence-corrected chi connectivity index (χ3v) is 2.18. The fourth-order valence-electron chi connectivity index (χ4n) is 0.985. The first-order chi connectivity index (χ1) is 7.56. The second-order valence-corrected chi connectivity index (χ2v) is 3.30. The number of hydrogen-bond donors (Lipinski definition) is 2. The summed E-state index contributed by atoms with van der Waals surface area (Å²) in [4.78, 5) is 21.5. The van der Waals surface area contributed by atoms with Crippen LogP contribution in [-0.4, -0.2) is 22.3 Å². The molecule has 0 heterocycles. The van der Waals surface area contributed by atoms with Crippen LogP contribution in [0.15, 0.2) is 23.1 Å². The van der Waals surface area contributed by atoms with Gasteiger partial charge in [-0.2, -0.15) is 0 Å². The molecule has 1 aromatic carbocycles. The Morgan fingerprint density at radius 2 is 2.00 bits per heavy atom. The third kappa shape index (κ3) is 2.94. The summed E-state index contributed by atoms with van der Waals surface area (Å²) < 4.78 is 4.07. The van der Waals surface area contributed by atoms with Crippen molar-refractivity contribution in [3.63, 3.8) is 0 Å². The lowest BCUT2D eigenvalue weighted by molar-refractivity contribution is -0.432. The summed E-state index contributed by atoms with van der Waals surface area (Å²) in [6.07, 6.45) is 0. The summed E-state index contributed by atoms with van der Waals surface area (Å²) >= 11 is 0.516. The Morgan fingerprint density at radius 1 is 1.31 bits per heavy atom. The molecular weight excluding hydrogens is 240 g/mol. The zero-order valence-electron chi connectivity index (χ0n) is 7.58. The number of carboxylic acid groups (broad SMARTS) is 2. The molecule has 7 nitrogen and oxygen atoms in total. The molecule has 16 heavy (non-hydrogen) atoms. The van der Waals surface area contributed by atoms with E-state index in [1.54, 1.807) is 0 Å². The van der Waals surface area contributed by atoms with E-state index >= 15 is 0 Å². The second kappa shape index (κ2) is 5.47. The lowest BCUT2D eigenvalue weighted by Gasteiger charge is -2.08. The monoisotopic (exact) mass is 245 g/mol. The molecule has 0 aromatic heterocycles. The molecule has 0 atom stereocenters. The van der Waals surface area contributed by atoms with Crippen LogP contribution in [0.3, 0.4) is 0 Å². The van der Waals surface area contributed by atoms with Gasteiger partial charge >= 0.3 is 5.97 Å². The van der Waals surface area contributed by atoms with E-state index in [0.29, 0.717) is 12.0 Å². The van der Waals surface area contributed by atoms with Crippen LogP contribution in [0.4, 0.5) is 0 Å². The highest BCUT2D eigenvalue weighted by Crippen LogP contribution is 2.22. The van der Waals surface area contributed by atoms with Crippen LogP contribution >= 0.6 is 12.0 Å². The van der Waals surface area contributed by atoms with Crippen molar-refractivity contribution >= 4 is 24.0 Å². The van der Waals surface area contributed by atoms with E-state index in [2.05, 4.69) is 9.37 Å². The Labute approximate surface area is 93.3 Å². The van der Waals surface area contributed by atoms with E-state index < -0.39 is 23.1 Å². The standard InChI is InChI=1S/C8H6O7S/c9-7(10)5-2-1-4(16-15-14-13)3-6(5)8(11)12/h1-3,13H,(H,9,10)(H,11,12)/p-1. The van der Waals surface area contributed by atoms with Crippen LogP contribution in [0.25, 0.3) is 0 Å². The molecular formula is C8H5O7S-. The lowest BCUT2D eigenvalue weighted by atomic mass is 10.1. The Morgan fingerprint density at radius 3 is 2.50 bits per heavy atom. The normalized spacial score (nSPS) is 10.1. The number of hydrogen-bond acceptors (Lipinski definition) is 7. The van der Waals surface area contributed by atoms with Crippen LogP contribution in [0, 0.1) is 0 Å². The number of benzene rings is 1. The van der Waals surface area contributed by atoms with Gasteiger partial charge in [0.15, 0.2) is 0 Å². The average Bonchev–Trinajstić information content (AvgIpc) is 2.25. The molecule has 0 unspecified atom stereocenters. The van der Waals surface area contributed by atoms with Crippen LogP contribution < -0.4 is 5.11 Å². The van der Waals surface area contributed by atoms with Gasteiger partial charge in [0.05, 0.1) is 23.6 Å². The predicted molar refractivity (Wildman–Crippen MR) is 48.4 cm³/mol. The fourth-order valence-corrected chi connectivity index (χ4v) is 1.38. The predicted octanol–water partition coefficient (Wildman–Crippen LogP) is 0.177. The van der Waals surface area contributed by atoms with Gasteiger partial charge in [-0.1, -0.05) is 5.04 Å². The van der Waals surface area contributed by atoms with E-state index in [4.69, 9.17) is 10.4 Å². The van der Waals surface area contributed by atoms with Gasteiger partial charge in [-0.25, -0.2) is 10.1 Å². The van der Waals surface area contributed by atoms with Crippen molar-refractivity contribution in [1.29, 1.82) is 0 Å². The number of carbonyl (C=O) groups excluding carboxylic acids is 1. The first kappa shape index (κ1) is 12.5. The minimum atomic E-state index is -1.62. The first-order valence-corrected chi connectivity index (χ1v) is 4.54. The van der Waals surface area contributed by atoms with Gasteiger partial charge in [-0.05, 0) is 18.2 Å². The molecule has 0 saturated heterocycles. The van der Waals surface area contributed by atoms with Gasteiger partial charge in [0.25, 0.3) is 0 Å². The molecule has 0 fully saturated rings. The number of carboxylic acids is 2. The SMILES string of the molecule is O=C([O-])c1cc(SOOO)ccc1C(=O)O. The summed E-state index contributed by atoms with van der Waals surface area (Å²) in [5, 5.41) is 30.5. The third-order valence-electron chi connectivity index (χ3n) is 1.60. The summed E-state index contributed by atoms with van der Waals surface area (Å²) in [6, 6.07) is 3.40. The van der Waals surface area contributed by atoms with Crippen molar-refractivity contribution in [3.8, 4) is 0 Å². The minimum Gasteiger partial charge on any atom is -0.545 e. The van der Waals surface area contributed by atoms with Crippen molar-refractivity contribution in [1.82, 2.24) is 0 Å². The Bertz CT molecular complexity index is 417. The first-order valence-electron chi connectivity index (χ1n) is 3.79. The largest absolute Gasteiger partial charge is 0.545 e. The molecule has 0 aliphatic rings. The zero-order valence-corrected chi connectivity index (χ0v) is 8.39. The van der Waals surface area contributed by atoms with Crippen molar-refractivity contribution in [2.75, 3.05) is 0 Å². The van der Waals surface area contributed by atoms with Gasteiger partial charge in [0, 0.05) is 10.5 Å².